The summed E-state index contributed by atoms with van der Waals surface area (Å²) in [5.74, 6) is -1.02. The van der Waals surface area contributed by atoms with Crippen LogP contribution in [0.5, 0.6) is 5.75 Å². The van der Waals surface area contributed by atoms with E-state index >= 15 is 0 Å². The fourth-order valence-corrected chi connectivity index (χ4v) is 2.53. The van der Waals surface area contributed by atoms with E-state index in [1.165, 1.54) is 6.08 Å². The lowest BCUT2D eigenvalue weighted by molar-refractivity contribution is -0.142. The second kappa shape index (κ2) is 9.78. The third-order valence-corrected chi connectivity index (χ3v) is 4.26. The normalized spacial score (nSPS) is 12.1. The number of carboxylic acids is 1. The van der Waals surface area contributed by atoms with Crippen LogP contribution in [-0.2, 0) is 16.2 Å². The number of carboxylic acid groups (broad SMARTS) is 1. The Morgan fingerprint density at radius 3 is 2.41 bits per heavy atom. The monoisotopic (exact) mass is 387 g/mol. The number of rotatable bonds is 8. The Balaban J connectivity index is 1.91. The van der Waals surface area contributed by atoms with Crippen LogP contribution in [0.1, 0.15) is 25.0 Å². The van der Waals surface area contributed by atoms with Crippen molar-refractivity contribution in [2.45, 2.75) is 26.5 Å². The maximum atomic E-state index is 11.9. The van der Waals surface area contributed by atoms with Crippen molar-refractivity contribution in [3.8, 4) is 5.75 Å². The zero-order chi connectivity index (χ0) is 19.8. The predicted octanol–water partition coefficient (Wildman–Crippen LogP) is 4.16. The van der Waals surface area contributed by atoms with Crippen LogP contribution in [0.15, 0.2) is 54.6 Å². The average molecular weight is 388 g/mol. The Hall–Kier alpha value is -2.79. The molecule has 0 saturated heterocycles. The number of benzene rings is 2. The molecule has 0 aliphatic carbocycles. The molecule has 27 heavy (non-hydrogen) atoms. The van der Waals surface area contributed by atoms with Crippen molar-refractivity contribution in [2.24, 2.45) is 5.92 Å². The van der Waals surface area contributed by atoms with E-state index in [4.69, 9.17) is 21.4 Å². The Labute approximate surface area is 163 Å². The van der Waals surface area contributed by atoms with Gasteiger partial charge in [-0.25, -0.2) is 4.79 Å². The van der Waals surface area contributed by atoms with E-state index in [0.29, 0.717) is 17.4 Å². The zero-order valence-corrected chi connectivity index (χ0v) is 15.9. The highest BCUT2D eigenvalue weighted by Gasteiger charge is 2.22. The Bertz CT molecular complexity index is 815. The van der Waals surface area contributed by atoms with Gasteiger partial charge in [0, 0.05) is 16.7 Å². The number of ether oxygens (including phenoxy) is 1. The lowest BCUT2D eigenvalue weighted by atomic mass is 10.0. The molecule has 1 amide bonds. The molecular weight excluding hydrogens is 366 g/mol. The number of hydrogen-bond acceptors (Lipinski definition) is 3. The molecule has 2 N–H and O–H groups in total. The summed E-state index contributed by atoms with van der Waals surface area (Å²) in [6, 6.07) is 13.8. The number of amides is 1. The molecule has 0 radical (unpaired) electrons. The SMILES string of the molecule is CC(C)C(NC(=O)/C=C/c1ccc(OCc2ccccc2Cl)cc1)C(=O)O. The van der Waals surface area contributed by atoms with Crippen LogP contribution in [0.25, 0.3) is 6.08 Å². The van der Waals surface area contributed by atoms with Gasteiger partial charge >= 0.3 is 5.97 Å². The number of hydrogen-bond donors (Lipinski definition) is 2. The topological polar surface area (TPSA) is 75.6 Å². The highest BCUT2D eigenvalue weighted by molar-refractivity contribution is 6.31. The van der Waals surface area contributed by atoms with E-state index in [-0.39, 0.29) is 5.92 Å². The molecule has 6 heteroatoms. The molecule has 0 aliphatic rings. The molecule has 0 aliphatic heterocycles. The van der Waals surface area contributed by atoms with Gasteiger partial charge in [-0.1, -0.05) is 55.8 Å². The molecule has 0 aromatic heterocycles. The van der Waals surface area contributed by atoms with Crippen LogP contribution in [0.4, 0.5) is 0 Å². The highest BCUT2D eigenvalue weighted by atomic mass is 35.5. The van der Waals surface area contributed by atoms with Gasteiger partial charge in [0.2, 0.25) is 5.91 Å². The lowest BCUT2D eigenvalue weighted by Crippen LogP contribution is -2.43. The van der Waals surface area contributed by atoms with E-state index in [9.17, 15) is 9.59 Å². The van der Waals surface area contributed by atoms with Gasteiger partial charge in [0.05, 0.1) is 0 Å². The van der Waals surface area contributed by atoms with Crippen molar-refractivity contribution < 1.29 is 19.4 Å². The predicted molar refractivity (Wildman–Crippen MR) is 106 cm³/mol. The van der Waals surface area contributed by atoms with Crippen LogP contribution in [0.2, 0.25) is 5.02 Å². The van der Waals surface area contributed by atoms with Gasteiger partial charge in [0.25, 0.3) is 0 Å². The molecule has 0 saturated carbocycles. The summed E-state index contributed by atoms with van der Waals surface area (Å²) in [6.45, 7) is 3.84. The summed E-state index contributed by atoms with van der Waals surface area (Å²) in [6.07, 6.45) is 2.93. The van der Waals surface area contributed by atoms with Crippen LogP contribution >= 0.6 is 11.6 Å². The zero-order valence-electron chi connectivity index (χ0n) is 15.2. The molecule has 0 fully saturated rings. The van der Waals surface area contributed by atoms with Crippen molar-refractivity contribution >= 4 is 29.6 Å². The second-order valence-electron chi connectivity index (χ2n) is 6.35. The van der Waals surface area contributed by atoms with Gasteiger partial charge in [-0.05, 0) is 35.8 Å². The van der Waals surface area contributed by atoms with Gasteiger partial charge in [0.15, 0.2) is 0 Å². The molecule has 0 heterocycles. The fourth-order valence-electron chi connectivity index (χ4n) is 2.34. The molecule has 0 spiro atoms. The van der Waals surface area contributed by atoms with Crippen LogP contribution in [0.3, 0.4) is 0 Å². The minimum Gasteiger partial charge on any atom is -0.489 e. The first-order valence-electron chi connectivity index (χ1n) is 8.54. The maximum Gasteiger partial charge on any atom is 0.326 e. The van der Waals surface area contributed by atoms with E-state index in [0.717, 1.165) is 11.1 Å². The first kappa shape index (κ1) is 20.5. The van der Waals surface area contributed by atoms with Crippen molar-refractivity contribution in [3.63, 3.8) is 0 Å². The summed E-state index contributed by atoms with van der Waals surface area (Å²) in [5, 5.41) is 12.2. The van der Waals surface area contributed by atoms with Crippen LogP contribution in [0, 0.1) is 5.92 Å². The lowest BCUT2D eigenvalue weighted by Gasteiger charge is -2.16. The standard InChI is InChI=1S/C21H22ClNO4/c1-14(2)20(21(25)26)23-19(24)12-9-15-7-10-17(11-8-15)27-13-16-5-3-4-6-18(16)22/h3-12,14,20H,13H2,1-2H3,(H,23,24)(H,25,26)/b12-9+. The van der Waals surface area contributed by atoms with Crippen LogP contribution < -0.4 is 10.1 Å². The quantitative estimate of drug-likeness (QED) is 0.667. The largest absolute Gasteiger partial charge is 0.489 e. The Kier molecular flexibility index (Phi) is 7.44. The first-order chi connectivity index (χ1) is 12.9. The first-order valence-corrected chi connectivity index (χ1v) is 8.92. The molecule has 2 aromatic carbocycles. The summed E-state index contributed by atoms with van der Waals surface area (Å²) < 4.78 is 5.71. The smallest absolute Gasteiger partial charge is 0.326 e. The van der Waals surface area contributed by atoms with Crippen molar-refractivity contribution in [1.29, 1.82) is 0 Å². The minimum absolute atomic E-state index is 0.200. The average Bonchev–Trinajstić information content (AvgIpc) is 2.64. The molecule has 1 unspecified atom stereocenters. The molecule has 2 aromatic rings. The second-order valence-corrected chi connectivity index (χ2v) is 6.76. The van der Waals surface area contributed by atoms with Crippen molar-refractivity contribution in [3.05, 3.63) is 70.8 Å². The highest BCUT2D eigenvalue weighted by Crippen LogP contribution is 2.19. The van der Waals surface area contributed by atoms with Gasteiger partial charge in [-0.3, -0.25) is 4.79 Å². The van der Waals surface area contributed by atoms with Gasteiger partial charge < -0.3 is 15.2 Å². The van der Waals surface area contributed by atoms with Crippen molar-refractivity contribution in [1.82, 2.24) is 5.32 Å². The van der Waals surface area contributed by atoms with Gasteiger partial charge in [0.1, 0.15) is 18.4 Å². The summed E-state index contributed by atoms with van der Waals surface area (Å²) in [7, 11) is 0. The third kappa shape index (κ3) is 6.46. The maximum absolute atomic E-state index is 11.9. The van der Waals surface area contributed by atoms with E-state index in [1.54, 1.807) is 32.1 Å². The number of carbonyl (C=O) groups excluding carboxylic acids is 1. The van der Waals surface area contributed by atoms with E-state index in [2.05, 4.69) is 5.32 Å². The molecule has 2 rings (SSSR count). The molecule has 1 atom stereocenters. The number of carbonyl (C=O) groups is 2. The number of aliphatic carboxylic acids is 1. The van der Waals surface area contributed by atoms with Gasteiger partial charge in [-0.2, -0.15) is 0 Å². The number of nitrogens with one attached hydrogen (secondary N) is 1. The van der Waals surface area contributed by atoms with Gasteiger partial charge in [-0.15, -0.1) is 0 Å². The Morgan fingerprint density at radius 2 is 1.81 bits per heavy atom. The summed E-state index contributed by atoms with van der Waals surface area (Å²) in [4.78, 5) is 23.0. The van der Waals surface area contributed by atoms with E-state index in [1.807, 2.05) is 36.4 Å². The molecular formula is C21H22ClNO4. The summed E-state index contributed by atoms with van der Waals surface area (Å²) >= 11 is 6.10. The van der Waals surface area contributed by atoms with Crippen molar-refractivity contribution in [2.75, 3.05) is 0 Å². The number of halogens is 1. The molecule has 0 bridgehead atoms. The summed E-state index contributed by atoms with van der Waals surface area (Å²) in [5.41, 5.74) is 1.70. The van der Waals surface area contributed by atoms with Crippen LogP contribution in [-0.4, -0.2) is 23.0 Å². The Morgan fingerprint density at radius 1 is 1.15 bits per heavy atom. The fraction of sp³-hybridized carbons (Fsp3) is 0.238. The molecule has 142 valence electrons. The molecule has 5 nitrogen and oxygen atoms in total. The minimum atomic E-state index is -1.05. The third-order valence-electron chi connectivity index (χ3n) is 3.89. The van der Waals surface area contributed by atoms with E-state index < -0.39 is 17.9 Å².